The van der Waals surface area contributed by atoms with Gasteiger partial charge in [-0.25, -0.2) is 0 Å². The van der Waals surface area contributed by atoms with Crippen molar-refractivity contribution in [2.75, 3.05) is 20.2 Å². The van der Waals surface area contributed by atoms with Crippen molar-refractivity contribution in [3.05, 3.63) is 65.2 Å². The summed E-state index contributed by atoms with van der Waals surface area (Å²) in [5.74, 6) is 7.05. The minimum absolute atomic E-state index is 0.0165. The van der Waals surface area contributed by atoms with Crippen molar-refractivity contribution in [2.45, 2.75) is 31.8 Å². The van der Waals surface area contributed by atoms with Crippen LogP contribution in [-0.4, -0.2) is 41.7 Å². The predicted octanol–water partition coefficient (Wildman–Crippen LogP) is 3.47. The molecule has 3 rings (SSSR count). The fraction of sp³-hybridized carbons (Fsp3) is 0.348. The molecule has 2 aromatic carbocycles. The lowest BCUT2D eigenvalue weighted by Gasteiger charge is -2.37. The molecule has 2 aromatic rings. The molecule has 0 bridgehead atoms. The summed E-state index contributed by atoms with van der Waals surface area (Å²) in [6, 6.07) is 15.0. The normalized spacial score (nSPS) is 15.6. The number of piperidine rings is 1. The van der Waals surface area contributed by atoms with Gasteiger partial charge in [-0.05, 0) is 67.8 Å². The summed E-state index contributed by atoms with van der Waals surface area (Å²) < 4.78 is 5.14. The van der Waals surface area contributed by atoms with E-state index in [0.717, 1.165) is 23.3 Å². The molecule has 1 amide bonds. The van der Waals surface area contributed by atoms with Crippen LogP contribution in [0.5, 0.6) is 5.75 Å². The van der Waals surface area contributed by atoms with Crippen LogP contribution in [0, 0.1) is 11.8 Å². The van der Waals surface area contributed by atoms with Gasteiger partial charge in [0.2, 0.25) is 0 Å². The molecule has 1 heterocycles. The van der Waals surface area contributed by atoms with E-state index in [1.165, 1.54) is 0 Å². The Morgan fingerprint density at radius 3 is 2.04 bits per heavy atom. The first-order chi connectivity index (χ1) is 13.0. The molecule has 27 heavy (non-hydrogen) atoms. The molecule has 0 spiro atoms. The van der Waals surface area contributed by atoms with Crippen molar-refractivity contribution in [3.8, 4) is 17.6 Å². The smallest absolute Gasteiger partial charge is 0.253 e. The number of methoxy groups -OCH3 is 1. The van der Waals surface area contributed by atoms with Crippen molar-refractivity contribution in [1.29, 1.82) is 0 Å². The molecule has 4 heteroatoms. The van der Waals surface area contributed by atoms with Crippen molar-refractivity contribution in [2.24, 2.45) is 0 Å². The largest absolute Gasteiger partial charge is 0.497 e. The number of hydrogen-bond donors (Lipinski definition) is 1. The number of carbonyl (C=O) groups excluding carboxylic acids is 1. The second kappa shape index (κ2) is 8.28. The SMILES string of the molecule is CCC1(O)CCN(C(=O)c2ccc(C#Cc3ccc(OC)cc3)cc2)CC1. The Labute approximate surface area is 160 Å². The Hall–Kier alpha value is -2.77. The molecule has 0 atom stereocenters. The predicted molar refractivity (Wildman–Crippen MR) is 106 cm³/mol. The number of amides is 1. The number of ether oxygens (including phenoxy) is 1. The van der Waals surface area contributed by atoms with Gasteiger partial charge in [0.25, 0.3) is 5.91 Å². The molecule has 140 valence electrons. The van der Waals surface area contributed by atoms with Gasteiger partial charge in [-0.3, -0.25) is 4.79 Å². The Bertz CT molecular complexity index is 836. The van der Waals surface area contributed by atoms with Crippen molar-refractivity contribution in [1.82, 2.24) is 4.90 Å². The standard InChI is InChI=1S/C23H25NO3/c1-3-23(26)14-16-24(17-15-23)22(25)20-10-6-18(7-11-20)4-5-19-8-12-21(27-2)13-9-19/h6-13,26H,3,14-17H2,1-2H3. The zero-order valence-corrected chi connectivity index (χ0v) is 15.9. The van der Waals surface area contributed by atoms with Crippen molar-refractivity contribution in [3.63, 3.8) is 0 Å². The topological polar surface area (TPSA) is 49.8 Å². The highest BCUT2D eigenvalue weighted by atomic mass is 16.5. The lowest BCUT2D eigenvalue weighted by Crippen LogP contribution is -2.46. The maximum absolute atomic E-state index is 12.6. The first-order valence-electron chi connectivity index (χ1n) is 9.31. The van der Waals surface area contributed by atoms with Crippen LogP contribution < -0.4 is 4.74 Å². The van der Waals surface area contributed by atoms with E-state index in [1.54, 1.807) is 7.11 Å². The van der Waals surface area contributed by atoms with Gasteiger partial charge in [-0.15, -0.1) is 0 Å². The van der Waals surface area contributed by atoms with E-state index in [1.807, 2.05) is 60.4 Å². The molecule has 1 aliphatic heterocycles. The summed E-state index contributed by atoms with van der Waals surface area (Å²) in [5, 5.41) is 10.3. The molecule has 4 nitrogen and oxygen atoms in total. The van der Waals surface area contributed by atoms with Gasteiger partial charge in [0.15, 0.2) is 0 Å². The van der Waals surface area contributed by atoms with Crippen LogP contribution in [0.15, 0.2) is 48.5 Å². The van der Waals surface area contributed by atoms with Crippen LogP contribution >= 0.6 is 0 Å². The number of aliphatic hydroxyl groups is 1. The average Bonchev–Trinajstić information content (AvgIpc) is 2.73. The van der Waals surface area contributed by atoms with E-state index < -0.39 is 5.60 Å². The molecule has 0 unspecified atom stereocenters. The summed E-state index contributed by atoms with van der Waals surface area (Å²) in [7, 11) is 1.64. The number of benzene rings is 2. The van der Waals surface area contributed by atoms with Crippen LogP contribution in [0.4, 0.5) is 0 Å². The zero-order chi connectivity index (χ0) is 19.3. The van der Waals surface area contributed by atoms with Crippen LogP contribution in [0.25, 0.3) is 0 Å². The Balaban J connectivity index is 1.63. The maximum Gasteiger partial charge on any atom is 0.253 e. The number of carbonyl (C=O) groups is 1. The molecular weight excluding hydrogens is 338 g/mol. The Kier molecular flexibility index (Phi) is 5.83. The van der Waals surface area contributed by atoms with Crippen LogP contribution in [-0.2, 0) is 0 Å². The van der Waals surface area contributed by atoms with Gasteiger partial charge in [-0.1, -0.05) is 18.8 Å². The summed E-state index contributed by atoms with van der Waals surface area (Å²) in [4.78, 5) is 14.5. The van der Waals surface area contributed by atoms with Gasteiger partial charge in [0.1, 0.15) is 5.75 Å². The molecule has 1 N–H and O–H groups in total. The molecular formula is C23H25NO3. The fourth-order valence-corrected chi connectivity index (χ4v) is 3.18. The van der Waals surface area contributed by atoms with E-state index in [2.05, 4.69) is 11.8 Å². The van der Waals surface area contributed by atoms with Gasteiger partial charge < -0.3 is 14.7 Å². The summed E-state index contributed by atoms with van der Waals surface area (Å²) in [6.45, 7) is 3.19. The molecule has 0 aromatic heterocycles. The molecule has 1 fully saturated rings. The van der Waals surface area contributed by atoms with Gasteiger partial charge in [0.05, 0.1) is 12.7 Å². The lowest BCUT2D eigenvalue weighted by molar-refractivity contribution is -0.0193. The highest BCUT2D eigenvalue weighted by Gasteiger charge is 2.32. The van der Waals surface area contributed by atoms with Crippen molar-refractivity contribution < 1.29 is 14.6 Å². The first-order valence-corrected chi connectivity index (χ1v) is 9.31. The Morgan fingerprint density at radius 2 is 1.56 bits per heavy atom. The fourth-order valence-electron chi connectivity index (χ4n) is 3.18. The summed E-state index contributed by atoms with van der Waals surface area (Å²) >= 11 is 0. The van der Waals surface area contributed by atoms with E-state index in [0.29, 0.717) is 31.5 Å². The molecule has 0 aliphatic carbocycles. The molecule has 0 saturated carbocycles. The van der Waals surface area contributed by atoms with E-state index in [9.17, 15) is 9.90 Å². The number of rotatable bonds is 3. The van der Waals surface area contributed by atoms with Crippen LogP contribution in [0.2, 0.25) is 0 Å². The second-order valence-electron chi connectivity index (χ2n) is 6.93. The second-order valence-corrected chi connectivity index (χ2v) is 6.93. The number of likely N-dealkylation sites (tertiary alicyclic amines) is 1. The van der Waals surface area contributed by atoms with Gasteiger partial charge >= 0.3 is 0 Å². The average molecular weight is 363 g/mol. The minimum Gasteiger partial charge on any atom is -0.497 e. The van der Waals surface area contributed by atoms with E-state index in [4.69, 9.17) is 4.74 Å². The van der Waals surface area contributed by atoms with Crippen molar-refractivity contribution >= 4 is 5.91 Å². The van der Waals surface area contributed by atoms with E-state index >= 15 is 0 Å². The molecule has 0 radical (unpaired) electrons. The van der Waals surface area contributed by atoms with Crippen LogP contribution in [0.1, 0.15) is 47.7 Å². The number of hydrogen-bond acceptors (Lipinski definition) is 3. The third-order valence-corrected chi connectivity index (χ3v) is 5.21. The summed E-state index contributed by atoms with van der Waals surface area (Å²) in [6.07, 6.45) is 2.01. The third-order valence-electron chi connectivity index (χ3n) is 5.21. The van der Waals surface area contributed by atoms with Crippen LogP contribution in [0.3, 0.4) is 0 Å². The Morgan fingerprint density at radius 1 is 1.04 bits per heavy atom. The van der Waals surface area contributed by atoms with E-state index in [-0.39, 0.29) is 5.91 Å². The highest BCUT2D eigenvalue weighted by Crippen LogP contribution is 2.26. The van der Waals surface area contributed by atoms with Gasteiger partial charge in [-0.2, -0.15) is 0 Å². The quantitative estimate of drug-likeness (QED) is 0.850. The maximum atomic E-state index is 12.6. The number of nitrogens with zero attached hydrogens (tertiary/aromatic N) is 1. The summed E-state index contributed by atoms with van der Waals surface area (Å²) in [5.41, 5.74) is 1.82. The zero-order valence-electron chi connectivity index (χ0n) is 15.9. The first kappa shape index (κ1) is 19.0. The monoisotopic (exact) mass is 363 g/mol. The van der Waals surface area contributed by atoms with Gasteiger partial charge in [0, 0.05) is 29.8 Å². The minimum atomic E-state index is -0.613. The highest BCUT2D eigenvalue weighted by molar-refractivity contribution is 5.94. The lowest BCUT2D eigenvalue weighted by atomic mass is 9.89. The molecule has 1 aliphatic rings. The third kappa shape index (κ3) is 4.69. The molecule has 1 saturated heterocycles.